The largest absolute Gasteiger partial charge is 0.467 e. The van der Waals surface area contributed by atoms with Crippen LogP contribution in [0, 0.1) is 0 Å². The van der Waals surface area contributed by atoms with Crippen LogP contribution in [0.1, 0.15) is 5.56 Å². The number of hydrogen-bond acceptors (Lipinski definition) is 5. The zero-order valence-electron chi connectivity index (χ0n) is 18.0. The summed E-state index contributed by atoms with van der Waals surface area (Å²) in [6.07, 6.45) is 2.24. The number of aromatic nitrogens is 1. The lowest BCUT2D eigenvalue weighted by Crippen LogP contribution is -2.52. The molecule has 0 bridgehead atoms. The average molecular weight is 455 g/mol. The van der Waals surface area contributed by atoms with E-state index in [0.717, 1.165) is 48.3 Å². The number of methoxy groups -OCH3 is 1. The molecule has 0 radical (unpaired) electrons. The number of rotatable bonds is 7. The Hall–Kier alpha value is -3.03. The topological polar surface area (TPSA) is 77.7 Å². The predicted molar refractivity (Wildman–Crippen MR) is 126 cm³/mol. The zero-order valence-corrected chi connectivity index (χ0v) is 18.8. The number of ether oxygens (including phenoxy) is 1. The van der Waals surface area contributed by atoms with Crippen LogP contribution < -0.4 is 10.2 Å². The van der Waals surface area contributed by atoms with Gasteiger partial charge >= 0.3 is 5.97 Å². The molecule has 7 nitrogen and oxygen atoms in total. The number of halogens is 1. The predicted octanol–water partition coefficient (Wildman–Crippen LogP) is 2.84. The first-order chi connectivity index (χ1) is 15.5. The Kier molecular flexibility index (Phi) is 6.97. The number of para-hydroxylation sites is 1. The first-order valence-electron chi connectivity index (χ1n) is 10.7. The van der Waals surface area contributed by atoms with Crippen molar-refractivity contribution in [3.63, 3.8) is 0 Å². The average Bonchev–Trinajstić information content (AvgIpc) is 3.21. The minimum Gasteiger partial charge on any atom is -0.467 e. The van der Waals surface area contributed by atoms with Crippen molar-refractivity contribution >= 4 is 40.1 Å². The number of anilines is 1. The minimum absolute atomic E-state index is 0.184. The molecule has 2 aromatic carbocycles. The molecule has 4 rings (SSSR count). The quantitative estimate of drug-likeness (QED) is 0.537. The van der Waals surface area contributed by atoms with Crippen molar-refractivity contribution in [2.24, 2.45) is 0 Å². The number of fused-ring (bicyclic) bond motifs is 1. The van der Waals surface area contributed by atoms with Crippen molar-refractivity contribution in [3.8, 4) is 0 Å². The molecule has 1 aromatic heterocycles. The van der Waals surface area contributed by atoms with E-state index >= 15 is 0 Å². The second-order valence-corrected chi connectivity index (χ2v) is 8.39. The number of piperazine rings is 1. The highest BCUT2D eigenvalue weighted by molar-refractivity contribution is 6.30. The van der Waals surface area contributed by atoms with E-state index in [9.17, 15) is 9.59 Å². The van der Waals surface area contributed by atoms with Crippen molar-refractivity contribution in [1.82, 2.24) is 15.2 Å². The van der Waals surface area contributed by atoms with E-state index in [1.807, 2.05) is 54.7 Å². The van der Waals surface area contributed by atoms with Gasteiger partial charge in [0.05, 0.1) is 13.7 Å². The van der Waals surface area contributed by atoms with Crippen molar-refractivity contribution in [2.75, 3.05) is 44.7 Å². The van der Waals surface area contributed by atoms with Gasteiger partial charge in [-0.3, -0.25) is 9.69 Å². The molecular formula is C24H27ClN4O3. The van der Waals surface area contributed by atoms with Crippen LogP contribution in [-0.2, 0) is 20.7 Å². The summed E-state index contributed by atoms with van der Waals surface area (Å²) in [5.41, 5.74) is 3.05. The number of amides is 1. The van der Waals surface area contributed by atoms with Crippen LogP contribution in [0.15, 0.2) is 54.7 Å². The third-order valence-corrected chi connectivity index (χ3v) is 6.07. The molecule has 1 atom stereocenters. The Morgan fingerprint density at radius 2 is 1.91 bits per heavy atom. The number of hydrogen-bond donors (Lipinski definition) is 2. The summed E-state index contributed by atoms with van der Waals surface area (Å²) in [6.45, 7) is 3.37. The lowest BCUT2D eigenvalue weighted by molar-refractivity contribution is -0.145. The number of nitrogens with zero attached hydrogens (tertiary/aromatic N) is 2. The molecule has 3 aromatic rings. The second-order valence-electron chi connectivity index (χ2n) is 7.95. The van der Waals surface area contributed by atoms with Crippen LogP contribution in [0.2, 0.25) is 5.02 Å². The van der Waals surface area contributed by atoms with Gasteiger partial charge in [-0.1, -0.05) is 35.9 Å². The van der Waals surface area contributed by atoms with E-state index in [1.165, 1.54) is 7.11 Å². The Morgan fingerprint density at radius 3 is 2.66 bits per heavy atom. The number of esters is 1. The number of carbonyl (C=O) groups is 2. The molecular weight excluding hydrogens is 428 g/mol. The maximum absolute atomic E-state index is 12.7. The fraction of sp³-hybridized carbons (Fsp3) is 0.333. The number of nitrogens with one attached hydrogen (secondary N) is 2. The molecule has 0 aliphatic carbocycles. The fourth-order valence-electron chi connectivity index (χ4n) is 4.14. The van der Waals surface area contributed by atoms with Gasteiger partial charge in [0.1, 0.15) is 6.04 Å². The second kappa shape index (κ2) is 10.1. The van der Waals surface area contributed by atoms with Crippen LogP contribution in [0.4, 0.5) is 5.69 Å². The van der Waals surface area contributed by atoms with Gasteiger partial charge < -0.3 is 19.9 Å². The summed E-state index contributed by atoms with van der Waals surface area (Å²) in [6, 6.07) is 14.9. The van der Waals surface area contributed by atoms with E-state index in [0.29, 0.717) is 11.4 Å². The lowest BCUT2D eigenvalue weighted by atomic mass is 10.0. The molecule has 0 saturated carbocycles. The molecule has 1 amide bonds. The molecule has 2 heterocycles. The van der Waals surface area contributed by atoms with Crippen molar-refractivity contribution < 1.29 is 14.3 Å². The van der Waals surface area contributed by atoms with E-state index < -0.39 is 12.0 Å². The lowest BCUT2D eigenvalue weighted by Gasteiger charge is -2.36. The monoisotopic (exact) mass is 454 g/mol. The van der Waals surface area contributed by atoms with Gasteiger partial charge in [0.2, 0.25) is 5.91 Å². The fourth-order valence-corrected chi connectivity index (χ4v) is 4.32. The normalized spacial score (nSPS) is 15.5. The summed E-state index contributed by atoms with van der Waals surface area (Å²) >= 11 is 6.10. The number of benzene rings is 2. The van der Waals surface area contributed by atoms with E-state index in [1.54, 1.807) is 0 Å². The van der Waals surface area contributed by atoms with Crippen LogP contribution >= 0.6 is 11.6 Å². The molecule has 2 N–H and O–H groups in total. The third-order valence-electron chi connectivity index (χ3n) is 5.83. The van der Waals surface area contributed by atoms with Gasteiger partial charge in [-0.25, -0.2) is 4.79 Å². The summed E-state index contributed by atoms with van der Waals surface area (Å²) in [4.78, 5) is 32.6. The molecule has 168 valence electrons. The Morgan fingerprint density at radius 1 is 1.12 bits per heavy atom. The summed E-state index contributed by atoms with van der Waals surface area (Å²) in [5, 5.41) is 4.62. The molecule has 0 unspecified atom stereocenters. The summed E-state index contributed by atoms with van der Waals surface area (Å²) in [5.74, 6) is -0.633. The van der Waals surface area contributed by atoms with E-state index in [4.69, 9.17) is 16.3 Å². The highest BCUT2D eigenvalue weighted by atomic mass is 35.5. The van der Waals surface area contributed by atoms with Crippen molar-refractivity contribution in [2.45, 2.75) is 12.5 Å². The molecule has 1 aliphatic heterocycles. The van der Waals surface area contributed by atoms with E-state index in [2.05, 4.69) is 20.1 Å². The SMILES string of the molecule is COC(=O)[C@H](Cc1c[nH]c2ccccc12)NC(=O)CN1CCN(c2cccc(Cl)c2)CC1. The first kappa shape index (κ1) is 22.2. The van der Waals surface area contributed by atoms with Crippen LogP contribution in [0.3, 0.4) is 0 Å². The number of aromatic amines is 1. The highest BCUT2D eigenvalue weighted by Crippen LogP contribution is 2.21. The van der Waals surface area contributed by atoms with Gasteiger partial charge in [0.25, 0.3) is 0 Å². The van der Waals surface area contributed by atoms with Crippen molar-refractivity contribution in [1.29, 1.82) is 0 Å². The number of H-pyrrole nitrogens is 1. The van der Waals surface area contributed by atoms with Crippen LogP contribution in [0.25, 0.3) is 10.9 Å². The smallest absolute Gasteiger partial charge is 0.328 e. The van der Waals surface area contributed by atoms with Gasteiger partial charge in [0.15, 0.2) is 0 Å². The van der Waals surface area contributed by atoms with Gasteiger partial charge in [0, 0.05) is 60.4 Å². The zero-order chi connectivity index (χ0) is 22.5. The summed E-state index contributed by atoms with van der Waals surface area (Å²) < 4.78 is 4.94. The Bertz CT molecular complexity index is 1090. The Labute approximate surface area is 192 Å². The highest BCUT2D eigenvalue weighted by Gasteiger charge is 2.25. The molecule has 8 heteroatoms. The van der Waals surface area contributed by atoms with Gasteiger partial charge in [-0.15, -0.1) is 0 Å². The first-order valence-corrected chi connectivity index (χ1v) is 11.1. The summed E-state index contributed by atoms with van der Waals surface area (Å²) in [7, 11) is 1.34. The maximum atomic E-state index is 12.7. The number of carbonyl (C=O) groups excluding carboxylic acids is 2. The van der Waals surface area contributed by atoms with E-state index in [-0.39, 0.29) is 12.5 Å². The molecule has 0 spiro atoms. The standard InChI is InChI=1S/C24H27ClN4O3/c1-32-24(31)22(13-17-15-26-21-8-3-2-7-20(17)21)27-23(30)16-28-9-11-29(12-10-28)19-6-4-5-18(25)14-19/h2-8,14-15,22,26H,9-13,16H2,1H3,(H,27,30)/t22-/m0/s1. The Balaban J connectivity index is 1.33. The van der Waals surface area contributed by atoms with Crippen molar-refractivity contribution in [3.05, 3.63) is 65.3 Å². The molecule has 1 aliphatic rings. The van der Waals surface area contributed by atoms with Gasteiger partial charge in [-0.2, -0.15) is 0 Å². The van der Waals surface area contributed by atoms with Crippen LogP contribution in [0.5, 0.6) is 0 Å². The van der Waals surface area contributed by atoms with Crippen LogP contribution in [-0.4, -0.2) is 67.6 Å². The minimum atomic E-state index is -0.737. The molecule has 1 fully saturated rings. The molecule has 32 heavy (non-hydrogen) atoms. The van der Waals surface area contributed by atoms with Gasteiger partial charge in [-0.05, 0) is 29.8 Å². The third kappa shape index (κ3) is 5.23. The maximum Gasteiger partial charge on any atom is 0.328 e. The molecule has 1 saturated heterocycles.